The van der Waals surface area contributed by atoms with Crippen molar-refractivity contribution in [2.45, 2.75) is 52.0 Å². The molecular formula is C20H28N2O2. The molecule has 0 spiro atoms. The van der Waals surface area contributed by atoms with Gasteiger partial charge >= 0.3 is 0 Å². The zero-order valence-electron chi connectivity index (χ0n) is 14.8. The minimum Gasteiger partial charge on any atom is -0.340 e. The number of carbonyl (C=O) groups is 2. The van der Waals surface area contributed by atoms with Crippen molar-refractivity contribution in [1.82, 2.24) is 9.80 Å². The molecule has 1 aromatic carbocycles. The molecule has 24 heavy (non-hydrogen) atoms. The smallest absolute Gasteiger partial charge is 0.253 e. The fraction of sp³-hybridized carbons (Fsp3) is 0.600. The molecule has 2 aliphatic rings. The Morgan fingerprint density at radius 1 is 0.958 bits per heavy atom. The molecule has 0 bridgehead atoms. The maximum atomic E-state index is 12.8. The molecule has 0 aliphatic carbocycles. The quantitative estimate of drug-likeness (QED) is 0.836. The van der Waals surface area contributed by atoms with Crippen molar-refractivity contribution in [2.75, 3.05) is 19.6 Å². The van der Waals surface area contributed by atoms with Gasteiger partial charge in [0.15, 0.2) is 0 Å². The summed E-state index contributed by atoms with van der Waals surface area (Å²) in [5, 5.41) is 0. The molecule has 2 fully saturated rings. The van der Waals surface area contributed by atoms with Crippen molar-refractivity contribution in [3.63, 3.8) is 0 Å². The van der Waals surface area contributed by atoms with Crippen molar-refractivity contribution in [3.8, 4) is 0 Å². The van der Waals surface area contributed by atoms with Crippen molar-refractivity contribution in [1.29, 1.82) is 0 Å². The average Bonchev–Trinajstić information content (AvgIpc) is 2.62. The molecule has 2 aliphatic heterocycles. The largest absolute Gasteiger partial charge is 0.340 e. The van der Waals surface area contributed by atoms with Crippen LogP contribution in [0.2, 0.25) is 0 Å². The molecule has 0 saturated carbocycles. The predicted octanol–water partition coefficient (Wildman–Crippen LogP) is 3.25. The van der Waals surface area contributed by atoms with Crippen molar-refractivity contribution in [2.24, 2.45) is 5.92 Å². The highest BCUT2D eigenvalue weighted by Crippen LogP contribution is 2.25. The average molecular weight is 328 g/mol. The molecule has 0 N–H and O–H groups in total. The Balaban J connectivity index is 1.56. The van der Waals surface area contributed by atoms with Crippen LogP contribution in [0.3, 0.4) is 0 Å². The van der Waals surface area contributed by atoms with Gasteiger partial charge in [0, 0.05) is 37.2 Å². The number of likely N-dealkylation sites (tertiary alicyclic amines) is 2. The van der Waals surface area contributed by atoms with Crippen LogP contribution in [0.25, 0.3) is 0 Å². The zero-order chi connectivity index (χ0) is 17.1. The Morgan fingerprint density at radius 2 is 1.62 bits per heavy atom. The number of hydrogen-bond donors (Lipinski definition) is 0. The molecule has 3 rings (SSSR count). The van der Waals surface area contributed by atoms with Crippen molar-refractivity contribution >= 4 is 11.8 Å². The van der Waals surface area contributed by atoms with E-state index in [-0.39, 0.29) is 11.8 Å². The van der Waals surface area contributed by atoms with Crippen molar-refractivity contribution in [3.05, 3.63) is 35.4 Å². The molecule has 0 aromatic heterocycles. The summed E-state index contributed by atoms with van der Waals surface area (Å²) in [6, 6.07) is 8.11. The number of hydrogen-bond acceptors (Lipinski definition) is 2. The summed E-state index contributed by atoms with van der Waals surface area (Å²) in [6.07, 6.45) is 5.06. The zero-order valence-corrected chi connectivity index (χ0v) is 14.8. The molecule has 2 amide bonds. The molecule has 2 heterocycles. The van der Waals surface area contributed by atoms with Gasteiger partial charge in [-0.25, -0.2) is 0 Å². The highest BCUT2D eigenvalue weighted by Gasteiger charge is 2.33. The summed E-state index contributed by atoms with van der Waals surface area (Å²) in [5.74, 6) is 0.490. The van der Waals surface area contributed by atoms with Gasteiger partial charge in [0.1, 0.15) is 0 Å². The minimum absolute atomic E-state index is 0.0900. The Labute approximate surface area is 144 Å². The maximum Gasteiger partial charge on any atom is 0.253 e. The van der Waals surface area contributed by atoms with Gasteiger partial charge in [-0.05, 0) is 58.1 Å². The van der Waals surface area contributed by atoms with Crippen LogP contribution in [0.4, 0.5) is 0 Å². The van der Waals surface area contributed by atoms with Crippen LogP contribution in [-0.4, -0.2) is 47.3 Å². The first-order chi connectivity index (χ1) is 11.6. The lowest BCUT2D eigenvalue weighted by Crippen LogP contribution is -2.48. The normalized spacial score (nSPS) is 22.5. The third kappa shape index (κ3) is 3.63. The highest BCUT2D eigenvalue weighted by atomic mass is 16.2. The second-order valence-electron chi connectivity index (χ2n) is 7.31. The van der Waals surface area contributed by atoms with Crippen LogP contribution in [0, 0.1) is 12.8 Å². The van der Waals surface area contributed by atoms with Gasteiger partial charge in [0.05, 0.1) is 0 Å². The lowest BCUT2D eigenvalue weighted by atomic mass is 9.92. The van der Waals surface area contributed by atoms with Crippen molar-refractivity contribution < 1.29 is 9.59 Å². The molecule has 0 unspecified atom stereocenters. The Bertz CT molecular complexity index is 588. The fourth-order valence-electron chi connectivity index (χ4n) is 3.87. The molecule has 2 saturated heterocycles. The molecule has 4 nitrogen and oxygen atoms in total. The molecule has 4 heteroatoms. The fourth-order valence-corrected chi connectivity index (χ4v) is 3.87. The number of aryl methyl sites for hydroxylation is 1. The topological polar surface area (TPSA) is 40.6 Å². The summed E-state index contributed by atoms with van der Waals surface area (Å²) in [7, 11) is 0. The number of nitrogens with zero attached hydrogens (tertiary/aromatic N) is 2. The Morgan fingerprint density at radius 3 is 2.25 bits per heavy atom. The van der Waals surface area contributed by atoms with Gasteiger partial charge in [-0.3, -0.25) is 9.59 Å². The van der Waals surface area contributed by atoms with Crippen LogP contribution in [-0.2, 0) is 4.79 Å². The predicted molar refractivity (Wildman–Crippen MR) is 94.8 cm³/mol. The van der Waals surface area contributed by atoms with E-state index in [0.29, 0.717) is 25.0 Å². The summed E-state index contributed by atoms with van der Waals surface area (Å²) < 4.78 is 0. The maximum absolute atomic E-state index is 12.8. The third-order valence-electron chi connectivity index (χ3n) is 5.52. The van der Waals surface area contributed by atoms with Gasteiger partial charge in [0.25, 0.3) is 5.91 Å². The van der Waals surface area contributed by atoms with Crippen LogP contribution in [0.5, 0.6) is 0 Å². The first-order valence-electron chi connectivity index (χ1n) is 9.22. The van der Waals surface area contributed by atoms with E-state index in [4.69, 9.17) is 0 Å². The lowest BCUT2D eigenvalue weighted by molar-refractivity contribution is -0.140. The van der Waals surface area contributed by atoms with Gasteiger partial charge in [-0.2, -0.15) is 0 Å². The molecule has 130 valence electrons. The van der Waals surface area contributed by atoms with E-state index >= 15 is 0 Å². The van der Waals surface area contributed by atoms with E-state index in [1.54, 1.807) is 0 Å². The standard InChI is InChI=1S/C20H28N2O2/c1-15-6-8-17(9-7-15)19(23)21-13-10-18(11-14-21)20(24)22-12-4-3-5-16(22)2/h6-9,16,18H,3-5,10-14H2,1-2H3/t16-/m0/s1. The van der Waals surface area contributed by atoms with Gasteiger partial charge < -0.3 is 9.80 Å². The van der Waals surface area contributed by atoms with Crippen LogP contribution in [0.1, 0.15) is 54.9 Å². The summed E-state index contributed by atoms with van der Waals surface area (Å²) in [5.41, 5.74) is 1.90. The first kappa shape index (κ1) is 17.0. The number of carbonyl (C=O) groups excluding carboxylic acids is 2. The monoisotopic (exact) mass is 328 g/mol. The van der Waals surface area contributed by atoms with E-state index in [0.717, 1.165) is 43.4 Å². The van der Waals surface area contributed by atoms with Crippen LogP contribution in [0.15, 0.2) is 24.3 Å². The van der Waals surface area contributed by atoms with E-state index in [1.165, 1.54) is 6.42 Å². The van der Waals surface area contributed by atoms with E-state index in [2.05, 4.69) is 11.8 Å². The highest BCUT2D eigenvalue weighted by molar-refractivity contribution is 5.94. The van der Waals surface area contributed by atoms with Gasteiger partial charge in [0.2, 0.25) is 5.91 Å². The summed E-state index contributed by atoms with van der Waals surface area (Å²) in [4.78, 5) is 29.3. The first-order valence-corrected chi connectivity index (χ1v) is 9.22. The number of piperidine rings is 2. The second-order valence-corrected chi connectivity index (χ2v) is 7.31. The summed E-state index contributed by atoms with van der Waals surface area (Å²) in [6.45, 7) is 6.46. The molecular weight excluding hydrogens is 300 g/mol. The lowest BCUT2D eigenvalue weighted by Gasteiger charge is -2.38. The molecule has 0 radical (unpaired) electrons. The number of amides is 2. The second kappa shape index (κ2) is 7.37. The van der Waals surface area contributed by atoms with Crippen LogP contribution >= 0.6 is 0 Å². The Kier molecular flexibility index (Phi) is 5.22. The Hall–Kier alpha value is -1.84. The molecule has 1 atom stereocenters. The van der Waals surface area contributed by atoms with E-state index in [1.807, 2.05) is 36.1 Å². The van der Waals surface area contributed by atoms with E-state index in [9.17, 15) is 9.59 Å². The number of rotatable bonds is 2. The van der Waals surface area contributed by atoms with E-state index < -0.39 is 0 Å². The third-order valence-corrected chi connectivity index (χ3v) is 5.52. The summed E-state index contributed by atoms with van der Waals surface area (Å²) >= 11 is 0. The SMILES string of the molecule is Cc1ccc(C(=O)N2CCC(C(=O)N3CCCC[C@@H]3C)CC2)cc1. The van der Waals surface area contributed by atoms with Gasteiger partial charge in [-0.1, -0.05) is 17.7 Å². The van der Waals surface area contributed by atoms with Gasteiger partial charge in [-0.15, -0.1) is 0 Å². The number of benzene rings is 1. The minimum atomic E-state index is 0.0900. The molecule has 1 aromatic rings. The van der Waals surface area contributed by atoms with Crippen LogP contribution < -0.4 is 0 Å².